The zero-order valence-corrected chi connectivity index (χ0v) is 6.68. The molecule has 0 aliphatic heterocycles. The Morgan fingerprint density at radius 2 is 1.77 bits per heavy atom. The van der Waals surface area contributed by atoms with Crippen molar-refractivity contribution < 1.29 is 4.39 Å². The van der Waals surface area contributed by atoms with Crippen molar-refractivity contribution in [2.45, 2.75) is 0 Å². The van der Waals surface area contributed by atoms with Crippen LogP contribution in [0.2, 0.25) is 0 Å². The topological polar surface area (TPSA) is 42.7 Å². The summed E-state index contributed by atoms with van der Waals surface area (Å²) in [5.41, 5.74) is 2.84. The number of nitrogens with one attached hydrogen (secondary N) is 1. The van der Waals surface area contributed by atoms with Gasteiger partial charge in [0, 0.05) is 12.4 Å². The first kappa shape index (κ1) is 7.72. The van der Waals surface area contributed by atoms with Gasteiger partial charge in [-0.3, -0.25) is 10.1 Å². The Labute approximate surface area is 74.0 Å². The highest BCUT2D eigenvalue weighted by atomic mass is 19.1. The average molecular weight is 178 g/mol. The summed E-state index contributed by atoms with van der Waals surface area (Å²) in [6, 6.07) is 3.72. The molecule has 2 heterocycles. The highest BCUT2D eigenvalue weighted by Gasteiger charge is 1.95. The summed E-state index contributed by atoms with van der Waals surface area (Å²) in [5, 5.41) is 0. The van der Waals surface area contributed by atoms with Gasteiger partial charge in [0.2, 0.25) is 5.95 Å². The van der Waals surface area contributed by atoms with Gasteiger partial charge in [-0.05, 0) is 12.1 Å². The van der Waals surface area contributed by atoms with Gasteiger partial charge in [0.05, 0.1) is 12.4 Å². The maximum absolute atomic E-state index is 12.4. The Hall–Kier alpha value is -1.91. The number of anilines is 1. The van der Waals surface area contributed by atoms with E-state index < -0.39 is 5.82 Å². The number of nitrogens with zero attached hydrogens (tertiary/aromatic N) is 3. The molecule has 2 rings (SSSR count). The summed E-state index contributed by atoms with van der Waals surface area (Å²) in [7, 11) is 0. The van der Waals surface area contributed by atoms with Crippen LogP contribution >= 0.6 is 0 Å². The van der Waals surface area contributed by atoms with E-state index in [4.69, 9.17) is 0 Å². The van der Waals surface area contributed by atoms with Crippen molar-refractivity contribution in [3.05, 3.63) is 42.7 Å². The van der Waals surface area contributed by atoms with E-state index in [1.807, 2.05) is 12.1 Å². The molecule has 0 aliphatic carbocycles. The van der Waals surface area contributed by atoms with Gasteiger partial charge in [-0.1, -0.05) is 0 Å². The van der Waals surface area contributed by atoms with Crippen LogP contribution < -0.4 is 5.43 Å². The van der Waals surface area contributed by atoms with Crippen LogP contribution in [-0.4, -0.2) is 14.6 Å². The maximum Gasteiger partial charge on any atom is 0.242 e. The van der Waals surface area contributed by atoms with Crippen molar-refractivity contribution in [2.24, 2.45) is 0 Å². The minimum absolute atomic E-state index is 0.359. The molecule has 0 atom stereocenters. The number of hydrogen-bond donors (Lipinski definition) is 1. The molecule has 2 aromatic rings. The molecular weight excluding hydrogens is 171 g/mol. The van der Waals surface area contributed by atoms with Crippen molar-refractivity contribution in [2.75, 3.05) is 5.43 Å². The van der Waals surface area contributed by atoms with E-state index in [9.17, 15) is 4.39 Å². The molecule has 0 amide bonds. The number of halogens is 1. The van der Waals surface area contributed by atoms with Crippen LogP contribution in [0.15, 0.2) is 36.9 Å². The van der Waals surface area contributed by atoms with Gasteiger partial charge in [0.1, 0.15) is 0 Å². The number of aromatic nitrogens is 3. The van der Waals surface area contributed by atoms with E-state index in [1.165, 1.54) is 0 Å². The van der Waals surface area contributed by atoms with Gasteiger partial charge in [0.15, 0.2) is 5.82 Å². The molecule has 0 saturated carbocycles. The lowest BCUT2D eigenvalue weighted by molar-refractivity contribution is 0.613. The lowest BCUT2D eigenvalue weighted by atomic mass is 10.6. The average Bonchev–Trinajstić information content (AvgIpc) is 2.62. The molecule has 13 heavy (non-hydrogen) atoms. The van der Waals surface area contributed by atoms with Gasteiger partial charge < -0.3 is 0 Å². The molecule has 0 bridgehead atoms. The van der Waals surface area contributed by atoms with Crippen LogP contribution in [0.4, 0.5) is 10.3 Å². The van der Waals surface area contributed by atoms with Crippen LogP contribution in [0.1, 0.15) is 0 Å². The first-order valence-electron chi connectivity index (χ1n) is 3.72. The summed E-state index contributed by atoms with van der Waals surface area (Å²) in [6.45, 7) is 0. The third-order valence-electron chi connectivity index (χ3n) is 1.45. The molecule has 5 heteroatoms. The van der Waals surface area contributed by atoms with Crippen LogP contribution in [0.5, 0.6) is 0 Å². The highest BCUT2D eigenvalue weighted by Crippen LogP contribution is 1.98. The molecule has 66 valence electrons. The van der Waals surface area contributed by atoms with Crippen molar-refractivity contribution >= 4 is 5.95 Å². The molecule has 1 N–H and O–H groups in total. The second kappa shape index (κ2) is 3.22. The van der Waals surface area contributed by atoms with Gasteiger partial charge in [0.25, 0.3) is 0 Å². The van der Waals surface area contributed by atoms with Crippen molar-refractivity contribution in [1.82, 2.24) is 14.6 Å². The molecule has 0 aliphatic rings. The van der Waals surface area contributed by atoms with Crippen LogP contribution in [0.3, 0.4) is 0 Å². The Morgan fingerprint density at radius 1 is 1.15 bits per heavy atom. The fourth-order valence-electron chi connectivity index (χ4n) is 0.895. The van der Waals surface area contributed by atoms with Gasteiger partial charge >= 0.3 is 0 Å². The Bertz CT molecular complexity index is 368. The zero-order valence-electron chi connectivity index (χ0n) is 6.68. The number of hydrogen-bond acceptors (Lipinski definition) is 3. The molecule has 0 fully saturated rings. The summed E-state index contributed by atoms with van der Waals surface area (Å²) < 4.78 is 14.1. The van der Waals surface area contributed by atoms with Crippen LogP contribution in [0, 0.1) is 5.82 Å². The molecule has 0 aromatic carbocycles. The maximum atomic E-state index is 12.4. The summed E-state index contributed by atoms with van der Waals surface area (Å²) in [5.74, 6) is -0.0874. The van der Waals surface area contributed by atoms with Crippen molar-refractivity contribution in [1.29, 1.82) is 0 Å². The molecule has 4 nitrogen and oxygen atoms in total. The van der Waals surface area contributed by atoms with Crippen LogP contribution in [-0.2, 0) is 0 Å². The Balaban J connectivity index is 2.15. The van der Waals surface area contributed by atoms with Crippen LogP contribution in [0.25, 0.3) is 0 Å². The zero-order chi connectivity index (χ0) is 9.10. The van der Waals surface area contributed by atoms with E-state index in [1.54, 1.807) is 17.1 Å². The third kappa shape index (κ3) is 1.81. The molecular formula is C8H7FN4. The molecule has 0 unspecified atom stereocenters. The summed E-state index contributed by atoms with van der Waals surface area (Å²) in [4.78, 5) is 7.47. The van der Waals surface area contributed by atoms with Gasteiger partial charge in [-0.15, -0.1) is 0 Å². The second-order valence-electron chi connectivity index (χ2n) is 2.43. The first-order chi connectivity index (χ1) is 6.34. The van der Waals surface area contributed by atoms with E-state index in [2.05, 4.69) is 15.4 Å². The molecule has 0 spiro atoms. The Kier molecular flexibility index (Phi) is 1.91. The van der Waals surface area contributed by atoms with Gasteiger partial charge in [-0.25, -0.2) is 14.4 Å². The van der Waals surface area contributed by atoms with Crippen molar-refractivity contribution in [3.63, 3.8) is 0 Å². The third-order valence-corrected chi connectivity index (χ3v) is 1.45. The SMILES string of the molecule is Fc1cnc(Nn2cccc2)nc1. The lowest BCUT2D eigenvalue weighted by Crippen LogP contribution is -2.08. The monoisotopic (exact) mass is 178 g/mol. The fourth-order valence-corrected chi connectivity index (χ4v) is 0.895. The largest absolute Gasteiger partial charge is 0.268 e. The summed E-state index contributed by atoms with van der Waals surface area (Å²) >= 11 is 0. The first-order valence-corrected chi connectivity index (χ1v) is 3.72. The van der Waals surface area contributed by atoms with Crippen molar-refractivity contribution in [3.8, 4) is 0 Å². The minimum Gasteiger partial charge on any atom is -0.268 e. The quantitative estimate of drug-likeness (QED) is 0.753. The molecule has 2 aromatic heterocycles. The predicted octanol–water partition coefficient (Wildman–Crippen LogP) is 1.29. The Morgan fingerprint density at radius 3 is 2.38 bits per heavy atom. The number of rotatable bonds is 2. The second-order valence-corrected chi connectivity index (χ2v) is 2.43. The summed E-state index contributed by atoms with van der Waals surface area (Å²) in [6.07, 6.45) is 5.82. The molecule has 0 radical (unpaired) electrons. The smallest absolute Gasteiger partial charge is 0.242 e. The predicted molar refractivity (Wildman–Crippen MR) is 45.4 cm³/mol. The lowest BCUT2D eigenvalue weighted by Gasteiger charge is -2.03. The highest BCUT2D eigenvalue weighted by molar-refractivity contribution is 5.22. The van der Waals surface area contributed by atoms with E-state index in [0.29, 0.717) is 5.95 Å². The molecule has 0 saturated heterocycles. The van der Waals surface area contributed by atoms with E-state index in [0.717, 1.165) is 12.4 Å². The van der Waals surface area contributed by atoms with Gasteiger partial charge in [-0.2, -0.15) is 0 Å². The minimum atomic E-state index is -0.446. The normalized spacial score (nSPS) is 9.92. The van der Waals surface area contributed by atoms with E-state index in [-0.39, 0.29) is 0 Å². The fraction of sp³-hybridized carbons (Fsp3) is 0. The standard InChI is InChI=1S/C8H7FN4/c9-7-5-10-8(11-6-7)12-13-3-1-2-4-13/h1-6H,(H,10,11,12). The van der Waals surface area contributed by atoms with E-state index >= 15 is 0 Å².